The maximum absolute atomic E-state index is 13.8. The van der Waals surface area contributed by atoms with E-state index < -0.39 is 44.9 Å². The van der Waals surface area contributed by atoms with E-state index in [-0.39, 0.29) is 33.5 Å². The highest BCUT2D eigenvalue weighted by Gasteiger charge is 2.16. The number of aryl methyl sites for hydroxylation is 1. The Hall–Kier alpha value is -3.76. The highest BCUT2D eigenvalue weighted by atomic mass is 19.1. The number of aromatic nitrogens is 1. The lowest BCUT2D eigenvalue weighted by Crippen LogP contribution is -2.11. The van der Waals surface area contributed by atoms with Crippen molar-refractivity contribution in [2.24, 2.45) is 0 Å². The largest absolute Gasteiger partial charge is 0.494 e. The summed E-state index contributed by atoms with van der Waals surface area (Å²) in [5.41, 5.74) is 1.13. The van der Waals surface area contributed by atoms with E-state index in [1.165, 1.54) is 36.5 Å². The van der Waals surface area contributed by atoms with E-state index in [0.717, 1.165) is 19.2 Å². The lowest BCUT2D eigenvalue weighted by atomic mass is 10.0. The molecule has 0 aliphatic carbocycles. The third-order valence-electron chi connectivity index (χ3n) is 4.66. The van der Waals surface area contributed by atoms with Gasteiger partial charge in [0.15, 0.2) is 5.78 Å². The van der Waals surface area contributed by atoms with Crippen LogP contribution in [0.3, 0.4) is 0 Å². The van der Waals surface area contributed by atoms with Gasteiger partial charge < -0.3 is 15.0 Å². The number of ether oxygens (including phenoxy) is 1. The smallest absolute Gasteiger partial charge is 0.159 e. The van der Waals surface area contributed by atoms with Gasteiger partial charge in [0.2, 0.25) is 0 Å². The van der Waals surface area contributed by atoms with Gasteiger partial charge in [0.1, 0.15) is 17.6 Å². The van der Waals surface area contributed by atoms with Crippen molar-refractivity contribution in [2.75, 3.05) is 32.4 Å². The molecule has 1 heterocycles. The summed E-state index contributed by atoms with van der Waals surface area (Å²) >= 11 is 0. The van der Waals surface area contributed by atoms with Crippen LogP contribution in [0.5, 0.6) is 5.75 Å². The summed E-state index contributed by atoms with van der Waals surface area (Å²) in [7, 11) is 1.02. The third-order valence-corrected chi connectivity index (χ3v) is 4.66. The second-order valence-corrected chi connectivity index (χ2v) is 7.09. The average Bonchev–Trinajstić information content (AvgIpc) is 2.88. The molecule has 2 aromatic carbocycles. The van der Waals surface area contributed by atoms with Crippen molar-refractivity contribution in [1.82, 2.24) is 9.88 Å². The zero-order valence-corrected chi connectivity index (χ0v) is 17.9. The molecule has 0 aliphatic heterocycles. The Kier molecular flexibility index (Phi) is 4.45. The van der Waals surface area contributed by atoms with Crippen molar-refractivity contribution < 1.29 is 27.6 Å². The molecular formula is C26H27FN4O2. The lowest BCUT2D eigenvalue weighted by Gasteiger charge is -2.15. The number of hydrogen-bond donors (Lipinski definition) is 1. The molecule has 0 fully saturated rings. The number of hydrogen-bond acceptors (Lipinski definition) is 6. The fraction of sp³-hybridized carbons (Fsp3) is 0.269. The highest BCUT2D eigenvalue weighted by molar-refractivity contribution is 5.98. The molecule has 6 nitrogen and oxygen atoms in total. The third kappa shape index (κ3) is 5.93. The number of anilines is 2. The number of pyridine rings is 1. The number of likely N-dealkylation sites (N-methyl/N-ethyl adjacent to an activating group) is 1. The molecule has 1 aromatic heterocycles. The molecular weight excluding hydrogens is 419 g/mol. The van der Waals surface area contributed by atoms with E-state index in [1.807, 2.05) is 6.07 Å². The van der Waals surface area contributed by atoms with Crippen molar-refractivity contribution in [3.05, 3.63) is 71.2 Å². The number of halogens is 1. The molecule has 0 amide bonds. The second-order valence-electron chi connectivity index (χ2n) is 7.09. The van der Waals surface area contributed by atoms with Crippen molar-refractivity contribution in [2.45, 2.75) is 20.2 Å². The van der Waals surface area contributed by atoms with Crippen LogP contribution >= 0.6 is 0 Å². The predicted molar refractivity (Wildman–Crippen MR) is 128 cm³/mol. The minimum atomic E-state index is -3.22. The van der Waals surface area contributed by atoms with Gasteiger partial charge in [-0.3, -0.25) is 9.78 Å². The van der Waals surface area contributed by atoms with Crippen LogP contribution in [0.1, 0.15) is 37.2 Å². The number of nitriles is 1. The van der Waals surface area contributed by atoms with E-state index in [4.69, 9.17) is 18.4 Å². The first-order valence-electron chi connectivity index (χ1n) is 14.7. The standard InChI is InChI=1S/C26H27FN4O2/c1-5-33-25-14-24-22(13-18(25)12-21(32)7-6-10-31(3)4)26(19(15-28)16-29-24)30-20-8-9-23(27)17(2)11-20/h6-9,11,13-14,16H,5,10,12H2,1-4H3,(H,29,30)/b7-6+/i1D3,3D3,5D2,10D2. The van der Waals surface area contributed by atoms with Gasteiger partial charge in [-0.2, -0.15) is 5.26 Å². The number of nitrogens with one attached hydrogen (secondary N) is 1. The topological polar surface area (TPSA) is 78.3 Å². The first-order chi connectivity index (χ1) is 19.7. The molecule has 0 atom stereocenters. The Morgan fingerprint density at radius 3 is 3.00 bits per heavy atom. The van der Waals surface area contributed by atoms with Crippen LogP contribution in [-0.2, 0) is 11.2 Å². The monoisotopic (exact) mass is 456 g/mol. The first-order valence-corrected chi connectivity index (χ1v) is 9.70. The SMILES string of the molecule is [2H]C([2H])([2H])N(C)C([2H])([2H])/C=C/C(=O)Cc1cc2c(Nc3ccc(F)c(C)c3)c(C#N)cnc2cc1OC([2H])([2H])C([2H])([2H])[2H]. The van der Waals surface area contributed by atoms with Crippen molar-refractivity contribution in [3.8, 4) is 11.8 Å². The van der Waals surface area contributed by atoms with E-state index in [2.05, 4.69) is 10.3 Å². The van der Waals surface area contributed by atoms with Gasteiger partial charge >= 0.3 is 0 Å². The second kappa shape index (κ2) is 10.7. The molecule has 170 valence electrons. The summed E-state index contributed by atoms with van der Waals surface area (Å²) in [4.78, 5) is 17.6. The number of nitrogens with zero attached hydrogens (tertiary/aromatic N) is 3. The van der Waals surface area contributed by atoms with Gasteiger partial charge in [-0.15, -0.1) is 0 Å². The zero-order valence-electron chi connectivity index (χ0n) is 27.9. The molecule has 0 bridgehead atoms. The molecule has 0 radical (unpaired) electrons. The number of fused-ring (bicyclic) bond motifs is 1. The van der Waals surface area contributed by atoms with Gasteiger partial charge in [0.05, 0.1) is 26.1 Å². The molecule has 3 aromatic rings. The Bertz CT molecular complexity index is 1610. The maximum atomic E-state index is 13.8. The summed E-state index contributed by atoms with van der Waals surface area (Å²) in [6.07, 6.45) is 2.24. The van der Waals surface area contributed by atoms with Crippen LogP contribution in [0, 0.1) is 24.1 Å². The number of benzene rings is 2. The van der Waals surface area contributed by atoms with Crippen LogP contribution in [0.4, 0.5) is 15.8 Å². The summed E-state index contributed by atoms with van der Waals surface area (Å²) in [5.74, 6) is -1.55. The summed E-state index contributed by atoms with van der Waals surface area (Å²) < 4.78 is 95.7. The fourth-order valence-corrected chi connectivity index (χ4v) is 3.13. The maximum Gasteiger partial charge on any atom is 0.159 e. The van der Waals surface area contributed by atoms with Crippen LogP contribution in [0.25, 0.3) is 10.9 Å². The Morgan fingerprint density at radius 2 is 2.27 bits per heavy atom. The summed E-state index contributed by atoms with van der Waals surface area (Å²) in [5, 5.41) is 13.0. The van der Waals surface area contributed by atoms with Crippen LogP contribution in [-0.4, -0.2) is 42.7 Å². The van der Waals surface area contributed by atoms with E-state index in [0.29, 0.717) is 16.2 Å². The molecule has 3 rings (SSSR count). The molecule has 7 heteroatoms. The Balaban J connectivity index is 2.15. The van der Waals surface area contributed by atoms with E-state index in [9.17, 15) is 14.4 Å². The van der Waals surface area contributed by atoms with Gasteiger partial charge in [0.25, 0.3) is 0 Å². The zero-order chi connectivity index (χ0) is 32.5. The predicted octanol–water partition coefficient (Wildman–Crippen LogP) is 4.93. The number of rotatable bonds is 9. The summed E-state index contributed by atoms with van der Waals surface area (Å²) in [6.45, 7) is -10.2. The molecule has 33 heavy (non-hydrogen) atoms. The van der Waals surface area contributed by atoms with Gasteiger partial charge in [-0.25, -0.2) is 4.39 Å². The molecule has 1 N–H and O–H groups in total. The van der Waals surface area contributed by atoms with Gasteiger partial charge in [-0.05, 0) is 63.7 Å². The normalized spacial score (nSPS) is 17.3. The molecule has 0 spiro atoms. The number of ketones is 1. The van der Waals surface area contributed by atoms with E-state index >= 15 is 0 Å². The van der Waals surface area contributed by atoms with Crippen molar-refractivity contribution in [1.29, 1.82) is 5.26 Å². The van der Waals surface area contributed by atoms with Gasteiger partial charge in [0, 0.05) is 52.8 Å². The summed E-state index contributed by atoms with van der Waals surface area (Å²) in [6, 6.07) is 8.72. The number of carbonyl (C=O) groups is 1. The van der Waals surface area contributed by atoms with Crippen LogP contribution in [0.15, 0.2) is 48.7 Å². The van der Waals surface area contributed by atoms with E-state index in [1.54, 1.807) is 6.92 Å². The number of carbonyl (C=O) groups excluding carboxylic acids is 1. The Labute approximate surface area is 207 Å². The molecule has 0 aliphatic rings. The van der Waals surface area contributed by atoms with Crippen LogP contribution < -0.4 is 10.1 Å². The van der Waals surface area contributed by atoms with Gasteiger partial charge in [-0.1, -0.05) is 6.08 Å². The number of allylic oxidation sites excluding steroid dienone is 1. The Morgan fingerprint density at radius 1 is 1.42 bits per heavy atom. The lowest BCUT2D eigenvalue weighted by molar-refractivity contribution is -0.114. The average molecular weight is 457 g/mol. The first kappa shape index (κ1) is 13.7. The molecule has 0 saturated heterocycles. The van der Waals surface area contributed by atoms with Crippen molar-refractivity contribution in [3.63, 3.8) is 0 Å². The fourth-order valence-electron chi connectivity index (χ4n) is 3.13. The molecule has 0 unspecified atom stereocenters. The molecule has 0 saturated carbocycles. The van der Waals surface area contributed by atoms with Crippen molar-refractivity contribution >= 4 is 28.1 Å². The quantitative estimate of drug-likeness (QED) is 0.460. The minimum absolute atomic E-state index is 0.0322. The van der Waals surface area contributed by atoms with Crippen LogP contribution in [0.2, 0.25) is 0 Å². The minimum Gasteiger partial charge on any atom is -0.494 e. The highest BCUT2D eigenvalue weighted by Crippen LogP contribution is 2.34.